The van der Waals surface area contributed by atoms with Crippen LogP contribution in [0.1, 0.15) is 16.1 Å². The number of pyridine rings is 1. The Balaban J connectivity index is 1.43. The summed E-state index contributed by atoms with van der Waals surface area (Å²) in [5, 5.41) is 1.05. The predicted molar refractivity (Wildman–Crippen MR) is 112 cm³/mol. The Hall–Kier alpha value is -2.50. The number of halogens is 2. The van der Waals surface area contributed by atoms with Crippen molar-refractivity contribution in [1.82, 2.24) is 14.5 Å². The average molecular weight is 415 g/mol. The van der Waals surface area contributed by atoms with E-state index in [0.29, 0.717) is 54.3 Å². The molecule has 28 heavy (non-hydrogen) atoms. The molecule has 0 saturated carbocycles. The molecule has 1 aromatic carbocycles. The summed E-state index contributed by atoms with van der Waals surface area (Å²) < 4.78 is 2.00. The Kier molecular flexibility index (Phi) is 5.55. The summed E-state index contributed by atoms with van der Waals surface area (Å²) in [5.74, 6) is 0.765. The van der Waals surface area contributed by atoms with Gasteiger partial charge in [0.05, 0.1) is 10.0 Å². The van der Waals surface area contributed by atoms with Gasteiger partial charge in [0.15, 0.2) is 0 Å². The van der Waals surface area contributed by atoms with Gasteiger partial charge in [-0.25, -0.2) is 4.98 Å². The van der Waals surface area contributed by atoms with Crippen LogP contribution in [0.3, 0.4) is 0 Å². The number of carbonyl (C=O) groups excluding carboxylic acids is 1. The number of amides is 1. The fourth-order valence-corrected chi connectivity index (χ4v) is 3.95. The summed E-state index contributed by atoms with van der Waals surface area (Å²) in [4.78, 5) is 21.4. The summed E-state index contributed by atoms with van der Waals surface area (Å²) in [7, 11) is 0. The molecular weight excluding hydrogens is 395 g/mol. The van der Waals surface area contributed by atoms with Crippen LogP contribution in [-0.4, -0.2) is 46.5 Å². The Bertz CT molecular complexity index is 966. The number of benzene rings is 1. The highest BCUT2D eigenvalue weighted by Crippen LogP contribution is 2.27. The number of hydrogen-bond donors (Lipinski definition) is 0. The largest absolute Gasteiger partial charge is 0.352 e. The quantitative estimate of drug-likeness (QED) is 0.642. The highest BCUT2D eigenvalue weighted by molar-refractivity contribution is 6.36. The number of hydrogen-bond acceptors (Lipinski definition) is 3. The van der Waals surface area contributed by atoms with Crippen molar-refractivity contribution in [3.8, 4) is 0 Å². The molecule has 0 unspecified atom stereocenters. The fourth-order valence-electron chi connectivity index (χ4n) is 3.45. The topological polar surface area (TPSA) is 41.4 Å². The number of nitrogens with zero attached hydrogens (tertiary/aromatic N) is 4. The Morgan fingerprint density at radius 2 is 1.75 bits per heavy atom. The maximum Gasteiger partial charge on any atom is 0.270 e. The molecular formula is C21H20Cl2N4O. The van der Waals surface area contributed by atoms with E-state index in [1.807, 2.05) is 46.0 Å². The van der Waals surface area contributed by atoms with Gasteiger partial charge < -0.3 is 14.4 Å². The minimum Gasteiger partial charge on any atom is -0.352 e. The van der Waals surface area contributed by atoms with Gasteiger partial charge in [-0.05, 0) is 23.8 Å². The van der Waals surface area contributed by atoms with Crippen molar-refractivity contribution < 1.29 is 4.79 Å². The lowest BCUT2D eigenvalue weighted by molar-refractivity contribution is 0.0736. The molecule has 4 rings (SSSR count). The first-order valence-electron chi connectivity index (χ1n) is 9.16. The lowest BCUT2D eigenvalue weighted by Crippen LogP contribution is -2.49. The number of aromatic nitrogens is 2. The molecule has 144 valence electrons. The van der Waals surface area contributed by atoms with E-state index in [2.05, 4.69) is 22.0 Å². The molecule has 2 aromatic heterocycles. The standard InChI is InChI=1S/C21H20Cl2N4O/c22-17-13-18(23)20(24-14-17)25-9-11-26(12-10-25)21(28)19-7-4-8-27(19)15-16-5-2-1-3-6-16/h1-8,13-14H,9-12,15H2. The Morgan fingerprint density at radius 3 is 2.46 bits per heavy atom. The summed E-state index contributed by atoms with van der Waals surface area (Å²) >= 11 is 12.2. The minimum atomic E-state index is 0.0516. The summed E-state index contributed by atoms with van der Waals surface area (Å²) in [6.07, 6.45) is 3.55. The van der Waals surface area contributed by atoms with Gasteiger partial charge in [-0.15, -0.1) is 0 Å². The monoisotopic (exact) mass is 414 g/mol. The molecule has 0 atom stereocenters. The van der Waals surface area contributed by atoms with Crippen molar-refractivity contribution in [2.75, 3.05) is 31.1 Å². The second-order valence-corrected chi connectivity index (χ2v) is 7.59. The molecule has 1 aliphatic rings. The van der Waals surface area contributed by atoms with Gasteiger partial charge >= 0.3 is 0 Å². The zero-order valence-corrected chi connectivity index (χ0v) is 16.8. The third-order valence-electron chi connectivity index (χ3n) is 4.90. The molecule has 7 heteroatoms. The minimum absolute atomic E-state index is 0.0516. The third-order valence-corrected chi connectivity index (χ3v) is 5.38. The molecule has 5 nitrogen and oxygen atoms in total. The molecule has 1 amide bonds. The van der Waals surface area contributed by atoms with Crippen LogP contribution in [0, 0.1) is 0 Å². The highest BCUT2D eigenvalue weighted by atomic mass is 35.5. The molecule has 0 bridgehead atoms. The van der Waals surface area contributed by atoms with Crippen molar-refractivity contribution in [1.29, 1.82) is 0 Å². The van der Waals surface area contributed by atoms with Gasteiger partial charge in [0.2, 0.25) is 0 Å². The van der Waals surface area contributed by atoms with Crippen LogP contribution in [0.5, 0.6) is 0 Å². The van der Waals surface area contributed by atoms with Crippen LogP contribution in [0.4, 0.5) is 5.82 Å². The van der Waals surface area contributed by atoms with E-state index in [4.69, 9.17) is 23.2 Å². The van der Waals surface area contributed by atoms with Crippen molar-refractivity contribution in [3.05, 3.63) is 82.2 Å². The van der Waals surface area contributed by atoms with Gasteiger partial charge in [0, 0.05) is 45.1 Å². The van der Waals surface area contributed by atoms with Crippen LogP contribution in [0.2, 0.25) is 10.0 Å². The molecule has 3 heterocycles. The number of piperazine rings is 1. The normalized spacial score (nSPS) is 14.4. The molecule has 0 aliphatic carbocycles. The summed E-state index contributed by atoms with van der Waals surface area (Å²) in [5.41, 5.74) is 1.88. The second kappa shape index (κ2) is 8.25. The highest BCUT2D eigenvalue weighted by Gasteiger charge is 2.25. The zero-order chi connectivity index (χ0) is 19.5. The molecule has 1 fully saturated rings. The molecule has 1 aliphatic heterocycles. The van der Waals surface area contributed by atoms with E-state index < -0.39 is 0 Å². The van der Waals surface area contributed by atoms with Crippen LogP contribution in [0.15, 0.2) is 60.9 Å². The molecule has 0 radical (unpaired) electrons. The van der Waals surface area contributed by atoms with Crippen LogP contribution in [0.25, 0.3) is 0 Å². The number of rotatable bonds is 4. The van der Waals surface area contributed by atoms with Crippen molar-refractivity contribution in [2.24, 2.45) is 0 Å². The Morgan fingerprint density at radius 1 is 1.00 bits per heavy atom. The fraction of sp³-hybridized carbons (Fsp3) is 0.238. The lowest BCUT2D eigenvalue weighted by atomic mass is 10.2. The first kappa shape index (κ1) is 18.8. The first-order chi connectivity index (χ1) is 13.6. The van der Waals surface area contributed by atoms with Crippen LogP contribution >= 0.6 is 23.2 Å². The summed E-state index contributed by atoms with van der Waals surface area (Å²) in [6, 6.07) is 15.6. The SMILES string of the molecule is O=C(c1cccn1Cc1ccccc1)N1CCN(c2ncc(Cl)cc2Cl)CC1. The molecule has 3 aromatic rings. The lowest BCUT2D eigenvalue weighted by Gasteiger charge is -2.35. The maximum absolute atomic E-state index is 13.1. The van der Waals surface area contributed by atoms with E-state index in [-0.39, 0.29) is 5.91 Å². The van der Waals surface area contributed by atoms with Gasteiger partial charge in [-0.2, -0.15) is 0 Å². The third kappa shape index (κ3) is 4.01. The Labute approximate surface area is 174 Å². The molecule has 0 N–H and O–H groups in total. The van der Waals surface area contributed by atoms with Gasteiger partial charge in [-0.3, -0.25) is 4.79 Å². The van der Waals surface area contributed by atoms with Gasteiger partial charge in [0.25, 0.3) is 5.91 Å². The van der Waals surface area contributed by atoms with Gasteiger partial charge in [-0.1, -0.05) is 53.5 Å². The maximum atomic E-state index is 13.1. The molecule has 0 spiro atoms. The van der Waals surface area contributed by atoms with E-state index in [9.17, 15) is 4.79 Å². The molecule has 1 saturated heterocycles. The van der Waals surface area contributed by atoms with Gasteiger partial charge in [0.1, 0.15) is 11.5 Å². The van der Waals surface area contributed by atoms with E-state index in [1.54, 1.807) is 12.3 Å². The van der Waals surface area contributed by atoms with E-state index in [1.165, 1.54) is 5.56 Å². The van der Waals surface area contributed by atoms with E-state index >= 15 is 0 Å². The van der Waals surface area contributed by atoms with Crippen molar-refractivity contribution in [3.63, 3.8) is 0 Å². The number of carbonyl (C=O) groups is 1. The van der Waals surface area contributed by atoms with Crippen molar-refractivity contribution >= 4 is 34.9 Å². The first-order valence-corrected chi connectivity index (χ1v) is 9.92. The average Bonchev–Trinajstić information content (AvgIpc) is 3.16. The van der Waals surface area contributed by atoms with Crippen LogP contribution in [-0.2, 0) is 6.54 Å². The van der Waals surface area contributed by atoms with Crippen LogP contribution < -0.4 is 4.90 Å². The number of anilines is 1. The van der Waals surface area contributed by atoms with Crippen molar-refractivity contribution in [2.45, 2.75) is 6.54 Å². The smallest absolute Gasteiger partial charge is 0.270 e. The zero-order valence-electron chi connectivity index (χ0n) is 15.3. The van der Waals surface area contributed by atoms with E-state index in [0.717, 1.165) is 0 Å². The predicted octanol–water partition coefficient (Wildman–Crippen LogP) is 4.20. The second-order valence-electron chi connectivity index (χ2n) is 6.75. The summed E-state index contributed by atoms with van der Waals surface area (Å²) in [6.45, 7) is 3.28.